The van der Waals surface area contributed by atoms with Crippen molar-refractivity contribution in [3.05, 3.63) is 17.7 Å². The van der Waals surface area contributed by atoms with Crippen molar-refractivity contribution in [2.45, 2.75) is 45.1 Å². The van der Waals surface area contributed by atoms with Gasteiger partial charge in [0.1, 0.15) is 5.82 Å². The molecule has 1 aliphatic carbocycles. The topological polar surface area (TPSA) is 95.3 Å². The van der Waals surface area contributed by atoms with Gasteiger partial charge < -0.3 is 15.5 Å². The summed E-state index contributed by atoms with van der Waals surface area (Å²) in [6.45, 7) is 4.49. The van der Waals surface area contributed by atoms with Crippen LogP contribution in [0.1, 0.15) is 55.3 Å². The Morgan fingerprint density at radius 2 is 2.25 bits per heavy atom. The van der Waals surface area contributed by atoms with Crippen LogP contribution < -0.4 is 5.32 Å². The van der Waals surface area contributed by atoms with E-state index in [0.29, 0.717) is 24.0 Å². The second-order valence-electron chi connectivity index (χ2n) is 5.66. The molecule has 110 valence electrons. The molecule has 2 atom stereocenters. The van der Waals surface area contributed by atoms with Crippen LogP contribution in [-0.2, 0) is 0 Å². The minimum atomic E-state index is -1.05. The summed E-state index contributed by atoms with van der Waals surface area (Å²) in [5.41, 5.74) is 0.463. The van der Waals surface area contributed by atoms with Crippen molar-refractivity contribution in [3.8, 4) is 0 Å². The highest BCUT2D eigenvalue weighted by atomic mass is 16.4. The molecule has 0 amide bonds. The molecule has 0 aromatic carbocycles. The fourth-order valence-electron chi connectivity index (χ4n) is 2.45. The summed E-state index contributed by atoms with van der Waals surface area (Å²) in [5.74, 6) is -0.0592. The Balaban J connectivity index is 2.08. The number of nitrogens with zero attached hydrogens (tertiary/aromatic N) is 2. The van der Waals surface area contributed by atoms with Gasteiger partial charge in [-0.2, -0.15) is 0 Å². The molecular formula is C14H21N3O3. The summed E-state index contributed by atoms with van der Waals surface area (Å²) in [7, 11) is 0. The summed E-state index contributed by atoms with van der Waals surface area (Å²) in [6, 6.07) is 0. The lowest BCUT2D eigenvalue weighted by atomic mass is 10.1. The zero-order valence-corrected chi connectivity index (χ0v) is 11.8. The number of carboxylic acid groups (broad SMARTS) is 1. The van der Waals surface area contributed by atoms with E-state index in [2.05, 4.69) is 15.3 Å². The van der Waals surface area contributed by atoms with Gasteiger partial charge in [-0.3, -0.25) is 0 Å². The Labute approximate surface area is 118 Å². The number of aliphatic hydroxyl groups is 1. The SMILES string of the molecule is CC(C)c1ncc(NCC2CCC(O)C2)c(C(=O)O)n1. The number of hydrogen-bond acceptors (Lipinski definition) is 5. The number of carboxylic acids is 1. The molecule has 6 heteroatoms. The molecule has 0 radical (unpaired) electrons. The van der Waals surface area contributed by atoms with Crippen LogP contribution in [0.5, 0.6) is 0 Å². The highest BCUT2D eigenvalue weighted by molar-refractivity contribution is 5.91. The van der Waals surface area contributed by atoms with Gasteiger partial charge in [0, 0.05) is 12.5 Å². The maximum atomic E-state index is 11.3. The fraction of sp³-hybridized carbons (Fsp3) is 0.643. The first-order chi connectivity index (χ1) is 9.47. The molecule has 0 aliphatic heterocycles. The van der Waals surface area contributed by atoms with Crippen molar-refractivity contribution in [2.75, 3.05) is 11.9 Å². The summed E-state index contributed by atoms with van der Waals surface area (Å²) in [4.78, 5) is 19.6. The van der Waals surface area contributed by atoms with E-state index < -0.39 is 5.97 Å². The van der Waals surface area contributed by atoms with Gasteiger partial charge in [-0.25, -0.2) is 14.8 Å². The Kier molecular flexibility index (Phi) is 4.54. The van der Waals surface area contributed by atoms with Crippen LogP contribution in [0.25, 0.3) is 0 Å². The van der Waals surface area contributed by atoms with Crippen molar-refractivity contribution in [3.63, 3.8) is 0 Å². The van der Waals surface area contributed by atoms with Crippen molar-refractivity contribution < 1.29 is 15.0 Å². The van der Waals surface area contributed by atoms with Crippen LogP contribution >= 0.6 is 0 Å². The first-order valence-corrected chi connectivity index (χ1v) is 6.99. The van der Waals surface area contributed by atoms with E-state index >= 15 is 0 Å². The molecule has 2 unspecified atom stereocenters. The van der Waals surface area contributed by atoms with Gasteiger partial charge in [-0.15, -0.1) is 0 Å². The van der Waals surface area contributed by atoms with E-state index in [0.717, 1.165) is 19.3 Å². The molecular weight excluding hydrogens is 258 g/mol. The molecule has 1 heterocycles. The lowest BCUT2D eigenvalue weighted by molar-refractivity contribution is 0.0691. The van der Waals surface area contributed by atoms with E-state index in [1.165, 1.54) is 6.20 Å². The molecule has 0 saturated heterocycles. The van der Waals surface area contributed by atoms with Gasteiger partial charge >= 0.3 is 5.97 Å². The average Bonchev–Trinajstić information content (AvgIpc) is 2.81. The van der Waals surface area contributed by atoms with Crippen molar-refractivity contribution in [2.24, 2.45) is 5.92 Å². The first-order valence-electron chi connectivity index (χ1n) is 6.99. The molecule has 20 heavy (non-hydrogen) atoms. The first kappa shape index (κ1) is 14.7. The van der Waals surface area contributed by atoms with Crippen molar-refractivity contribution in [1.29, 1.82) is 0 Å². The normalized spacial score (nSPS) is 22.2. The van der Waals surface area contributed by atoms with E-state index in [9.17, 15) is 15.0 Å². The minimum Gasteiger partial charge on any atom is -0.476 e. The predicted octanol–water partition coefficient (Wildman–Crippen LogP) is 1.87. The second-order valence-corrected chi connectivity index (χ2v) is 5.66. The summed E-state index contributed by atoms with van der Waals surface area (Å²) >= 11 is 0. The van der Waals surface area contributed by atoms with Crippen LogP contribution in [0.3, 0.4) is 0 Å². The summed E-state index contributed by atoms with van der Waals surface area (Å²) < 4.78 is 0. The Hall–Kier alpha value is -1.69. The number of carbonyl (C=O) groups is 1. The third-order valence-corrected chi connectivity index (χ3v) is 3.62. The van der Waals surface area contributed by atoms with Crippen LogP contribution in [-0.4, -0.2) is 38.8 Å². The lowest BCUT2D eigenvalue weighted by Gasteiger charge is -2.14. The smallest absolute Gasteiger partial charge is 0.356 e. The average molecular weight is 279 g/mol. The molecule has 3 N–H and O–H groups in total. The third-order valence-electron chi connectivity index (χ3n) is 3.62. The molecule has 2 rings (SSSR count). The largest absolute Gasteiger partial charge is 0.476 e. The highest BCUT2D eigenvalue weighted by Gasteiger charge is 2.23. The number of nitrogens with one attached hydrogen (secondary N) is 1. The molecule has 0 spiro atoms. The predicted molar refractivity (Wildman–Crippen MR) is 74.9 cm³/mol. The monoisotopic (exact) mass is 279 g/mol. The van der Waals surface area contributed by atoms with Gasteiger partial charge in [-0.1, -0.05) is 13.8 Å². The molecule has 1 fully saturated rings. The Bertz CT molecular complexity index is 491. The number of hydrogen-bond donors (Lipinski definition) is 3. The van der Waals surface area contributed by atoms with Gasteiger partial charge in [0.25, 0.3) is 0 Å². The van der Waals surface area contributed by atoms with Crippen molar-refractivity contribution in [1.82, 2.24) is 9.97 Å². The quantitative estimate of drug-likeness (QED) is 0.761. The zero-order chi connectivity index (χ0) is 14.7. The van der Waals surface area contributed by atoms with Crippen LogP contribution in [0, 0.1) is 5.92 Å². The maximum absolute atomic E-state index is 11.3. The summed E-state index contributed by atoms with van der Waals surface area (Å²) in [6.07, 6.45) is 3.86. The van der Waals surface area contributed by atoms with Gasteiger partial charge in [0.05, 0.1) is 18.0 Å². The number of aromatic nitrogens is 2. The van der Waals surface area contributed by atoms with E-state index in [1.54, 1.807) is 0 Å². The van der Waals surface area contributed by atoms with Crippen LogP contribution in [0.15, 0.2) is 6.20 Å². The molecule has 1 saturated carbocycles. The number of aliphatic hydroxyl groups excluding tert-OH is 1. The summed E-state index contributed by atoms with van der Waals surface area (Å²) in [5, 5.41) is 21.8. The third kappa shape index (κ3) is 3.45. The molecule has 1 aliphatic rings. The minimum absolute atomic E-state index is 0.0160. The van der Waals surface area contributed by atoms with Crippen molar-refractivity contribution >= 4 is 11.7 Å². The van der Waals surface area contributed by atoms with E-state index in [4.69, 9.17) is 0 Å². The Morgan fingerprint density at radius 1 is 1.50 bits per heavy atom. The standard InChI is InChI=1S/C14H21N3O3/c1-8(2)13-16-7-11(12(17-13)14(19)20)15-6-9-3-4-10(18)5-9/h7-10,15,18H,3-6H2,1-2H3,(H,19,20). The van der Waals surface area contributed by atoms with Crippen LogP contribution in [0.2, 0.25) is 0 Å². The van der Waals surface area contributed by atoms with Gasteiger partial charge in [0.2, 0.25) is 0 Å². The number of aromatic carboxylic acids is 1. The van der Waals surface area contributed by atoms with Crippen LogP contribution in [0.4, 0.5) is 5.69 Å². The van der Waals surface area contributed by atoms with Gasteiger partial charge in [0.15, 0.2) is 5.69 Å². The molecule has 1 aromatic heterocycles. The number of anilines is 1. The van der Waals surface area contributed by atoms with Gasteiger partial charge in [-0.05, 0) is 25.2 Å². The second kappa shape index (κ2) is 6.17. The lowest BCUT2D eigenvalue weighted by Crippen LogP contribution is -2.17. The zero-order valence-electron chi connectivity index (χ0n) is 11.8. The van der Waals surface area contributed by atoms with E-state index in [-0.39, 0.29) is 17.7 Å². The highest BCUT2D eigenvalue weighted by Crippen LogP contribution is 2.26. The number of rotatable bonds is 5. The molecule has 0 bridgehead atoms. The van der Waals surface area contributed by atoms with E-state index in [1.807, 2.05) is 13.8 Å². The fourth-order valence-corrected chi connectivity index (χ4v) is 2.45. The maximum Gasteiger partial charge on any atom is 0.356 e. The molecule has 6 nitrogen and oxygen atoms in total. The molecule has 1 aromatic rings. The Morgan fingerprint density at radius 3 is 2.80 bits per heavy atom.